The summed E-state index contributed by atoms with van der Waals surface area (Å²) in [5.41, 5.74) is 0.0105. The lowest BCUT2D eigenvalue weighted by molar-refractivity contribution is 0.0696. The summed E-state index contributed by atoms with van der Waals surface area (Å²) < 4.78 is 25.5. The highest BCUT2D eigenvalue weighted by atomic mass is 32.2. The molecule has 0 aliphatic carbocycles. The van der Waals surface area contributed by atoms with Gasteiger partial charge >= 0.3 is 5.97 Å². The van der Waals surface area contributed by atoms with E-state index in [1.54, 1.807) is 0 Å². The van der Waals surface area contributed by atoms with Gasteiger partial charge in [-0.2, -0.15) is 4.31 Å². The third-order valence-corrected chi connectivity index (χ3v) is 4.30. The van der Waals surface area contributed by atoms with Crippen molar-refractivity contribution in [2.24, 2.45) is 0 Å². The predicted octanol–water partition coefficient (Wildman–Crippen LogP) is 0.554. The van der Waals surface area contributed by atoms with Crippen LogP contribution in [0.5, 0.6) is 0 Å². The van der Waals surface area contributed by atoms with Crippen LogP contribution in [0.1, 0.15) is 10.4 Å². The smallest absolute Gasteiger partial charge is 0.335 e. The third kappa shape index (κ3) is 3.63. The van der Waals surface area contributed by atoms with Crippen LogP contribution in [0, 0.1) is 0 Å². The topological polar surface area (TPSA) is 94.9 Å². The number of carboxylic acid groups (broad SMARTS) is 1. The lowest BCUT2D eigenvalue weighted by atomic mass is 10.2. The number of aromatic carboxylic acids is 1. The fraction of sp³-hybridized carbons (Fsp3) is 0.250. The molecule has 0 saturated heterocycles. The van der Waals surface area contributed by atoms with Crippen LogP contribution in [0.25, 0.3) is 0 Å². The Bertz CT molecular complexity index is 550. The molecule has 104 valence electrons. The maximum atomic E-state index is 12.2. The summed E-state index contributed by atoms with van der Waals surface area (Å²) in [6.45, 7) is 3.18. The average Bonchev–Trinajstić information content (AvgIpc) is 2.38. The van der Waals surface area contributed by atoms with Gasteiger partial charge in [-0.1, -0.05) is 6.08 Å². The average molecular weight is 285 g/mol. The van der Waals surface area contributed by atoms with Crippen molar-refractivity contribution in [3.05, 3.63) is 42.5 Å². The number of nitrogens with zero attached hydrogens (tertiary/aromatic N) is 1. The molecule has 0 radical (unpaired) electrons. The summed E-state index contributed by atoms with van der Waals surface area (Å²) in [7, 11) is -3.76. The zero-order valence-corrected chi connectivity index (χ0v) is 11.0. The number of benzene rings is 1. The fourth-order valence-corrected chi connectivity index (χ4v) is 2.89. The van der Waals surface area contributed by atoms with Gasteiger partial charge < -0.3 is 10.2 Å². The van der Waals surface area contributed by atoms with Gasteiger partial charge in [0.1, 0.15) is 0 Å². The van der Waals surface area contributed by atoms with Crippen molar-refractivity contribution >= 4 is 16.0 Å². The minimum atomic E-state index is -3.76. The van der Waals surface area contributed by atoms with Crippen LogP contribution in [0.2, 0.25) is 0 Å². The lowest BCUT2D eigenvalue weighted by Crippen LogP contribution is -2.33. The summed E-state index contributed by atoms with van der Waals surface area (Å²) in [6.07, 6.45) is 1.42. The van der Waals surface area contributed by atoms with Crippen molar-refractivity contribution in [2.45, 2.75) is 4.90 Å². The Kier molecular flexibility index (Phi) is 5.22. The van der Waals surface area contributed by atoms with Crippen LogP contribution < -0.4 is 0 Å². The number of carboxylic acids is 1. The number of hydrogen-bond donors (Lipinski definition) is 2. The molecule has 0 aliphatic heterocycles. The van der Waals surface area contributed by atoms with Crippen molar-refractivity contribution < 1.29 is 23.4 Å². The molecule has 1 aromatic carbocycles. The Hall–Kier alpha value is -1.70. The molecule has 0 fully saturated rings. The zero-order chi connectivity index (χ0) is 14.5. The minimum Gasteiger partial charge on any atom is -0.478 e. The van der Waals surface area contributed by atoms with E-state index < -0.39 is 16.0 Å². The molecule has 0 unspecified atom stereocenters. The SMILES string of the molecule is C=CCN(CCO)S(=O)(=O)c1ccc(C(=O)O)cc1. The molecule has 19 heavy (non-hydrogen) atoms. The highest BCUT2D eigenvalue weighted by Gasteiger charge is 2.23. The van der Waals surface area contributed by atoms with Crippen LogP contribution in [-0.2, 0) is 10.0 Å². The Morgan fingerprint density at radius 1 is 1.32 bits per heavy atom. The second-order valence-electron chi connectivity index (χ2n) is 3.70. The summed E-state index contributed by atoms with van der Waals surface area (Å²) in [4.78, 5) is 10.7. The predicted molar refractivity (Wildman–Crippen MR) is 69.4 cm³/mol. The van der Waals surface area contributed by atoms with Crippen LogP contribution in [0.15, 0.2) is 41.8 Å². The standard InChI is InChI=1S/C12H15NO5S/c1-2-7-13(8-9-14)19(17,18)11-5-3-10(4-6-11)12(15)16/h2-6,14H,1,7-9H2,(H,15,16). The molecule has 0 spiro atoms. The molecule has 7 heteroatoms. The van der Waals surface area contributed by atoms with E-state index in [-0.39, 0.29) is 30.2 Å². The number of sulfonamides is 1. The molecule has 0 heterocycles. The van der Waals surface area contributed by atoms with Crippen LogP contribution in [-0.4, -0.2) is 48.6 Å². The summed E-state index contributed by atoms with van der Waals surface area (Å²) >= 11 is 0. The van der Waals surface area contributed by atoms with Gasteiger partial charge in [-0.25, -0.2) is 13.2 Å². The van der Waals surface area contributed by atoms with Gasteiger partial charge in [-0.3, -0.25) is 0 Å². The zero-order valence-electron chi connectivity index (χ0n) is 10.2. The number of aliphatic hydroxyl groups excluding tert-OH is 1. The highest BCUT2D eigenvalue weighted by molar-refractivity contribution is 7.89. The van der Waals surface area contributed by atoms with Crippen molar-refractivity contribution in [3.8, 4) is 0 Å². The summed E-state index contributed by atoms with van der Waals surface area (Å²) in [6, 6.07) is 4.90. The maximum Gasteiger partial charge on any atom is 0.335 e. The molecule has 1 aromatic rings. The number of hydrogen-bond acceptors (Lipinski definition) is 4. The Morgan fingerprint density at radius 2 is 1.89 bits per heavy atom. The van der Waals surface area contributed by atoms with E-state index in [9.17, 15) is 13.2 Å². The third-order valence-electron chi connectivity index (χ3n) is 2.42. The van der Waals surface area contributed by atoms with Gasteiger partial charge in [0.05, 0.1) is 17.1 Å². The van der Waals surface area contributed by atoms with Gasteiger partial charge in [0.25, 0.3) is 0 Å². The van der Waals surface area contributed by atoms with E-state index in [0.717, 1.165) is 4.31 Å². The monoisotopic (exact) mass is 285 g/mol. The Morgan fingerprint density at radius 3 is 2.32 bits per heavy atom. The van der Waals surface area contributed by atoms with Crippen LogP contribution in [0.3, 0.4) is 0 Å². The Labute approximate surface area is 111 Å². The fourth-order valence-electron chi connectivity index (χ4n) is 1.48. The lowest BCUT2D eigenvalue weighted by Gasteiger charge is -2.19. The van der Waals surface area contributed by atoms with Crippen LogP contribution in [0.4, 0.5) is 0 Å². The molecule has 6 nitrogen and oxygen atoms in total. The first kappa shape index (κ1) is 15.4. The molecule has 2 N–H and O–H groups in total. The van der Waals surface area contributed by atoms with E-state index in [1.807, 2.05) is 0 Å². The van der Waals surface area contributed by atoms with Gasteiger partial charge in [-0.05, 0) is 24.3 Å². The van der Waals surface area contributed by atoms with E-state index in [0.29, 0.717) is 0 Å². The molecular formula is C12H15NO5S. The van der Waals surface area contributed by atoms with Crippen molar-refractivity contribution in [2.75, 3.05) is 19.7 Å². The first-order valence-electron chi connectivity index (χ1n) is 5.48. The quantitative estimate of drug-likeness (QED) is 0.714. The summed E-state index contributed by atoms with van der Waals surface area (Å²) in [5.74, 6) is -1.12. The molecule has 0 bridgehead atoms. The van der Waals surface area contributed by atoms with E-state index >= 15 is 0 Å². The normalized spacial score (nSPS) is 11.5. The van der Waals surface area contributed by atoms with Gasteiger partial charge in [0.15, 0.2) is 0 Å². The maximum absolute atomic E-state index is 12.2. The first-order chi connectivity index (χ1) is 8.93. The van der Waals surface area contributed by atoms with Gasteiger partial charge in [-0.15, -0.1) is 6.58 Å². The molecule has 0 aliphatic rings. The van der Waals surface area contributed by atoms with Gasteiger partial charge in [0.2, 0.25) is 10.0 Å². The second-order valence-corrected chi connectivity index (χ2v) is 5.64. The second kappa shape index (κ2) is 6.46. The largest absolute Gasteiger partial charge is 0.478 e. The van der Waals surface area contributed by atoms with E-state index in [4.69, 9.17) is 10.2 Å². The minimum absolute atomic E-state index is 0.0105. The molecule has 0 atom stereocenters. The van der Waals surface area contributed by atoms with Crippen LogP contribution >= 0.6 is 0 Å². The molecular weight excluding hydrogens is 270 g/mol. The molecule has 0 aromatic heterocycles. The highest BCUT2D eigenvalue weighted by Crippen LogP contribution is 2.16. The molecule has 0 amide bonds. The molecule has 1 rings (SSSR count). The first-order valence-corrected chi connectivity index (χ1v) is 6.92. The van der Waals surface area contributed by atoms with E-state index in [1.165, 1.54) is 30.3 Å². The molecule has 0 saturated carbocycles. The Balaban J connectivity index is 3.10. The van der Waals surface area contributed by atoms with Crippen molar-refractivity contribution in [1.82, 2.24) is 4.31 Å². The van der Waals surface area contributed by atoms with Crippen molar-refractivity contribution in [1.29, 1.82) is 0 Å². The number of rotatable bonds is 7. The van der Waals surface area contributed by atoms with Gasteiger partial charge in [0, 0.05) is 13.1 Å². The number of carbonyl (C=O) groups is 1. The van der Waals surface area contributed by atoms with E-state index in [2.05, 4.69) is 6.58 Å². The number of aliphatic hydroxyl groups is 1. The summed E-state index contributed by atoms with van der Waals surface area (Å²) in [5, 5.41) is 17.6. The van der Waals surface area contributed by atoms with Crippen molar-refractivity contribution in [3.63, 3.8) is 0 Å².